The summed E-state index contributed by atoms with van der Waals surface area (Å²) in [6, 6.07) is 9.53. The van der Waals surface area contributed by atoms with Gasteiger partial charge in [-0.2, -0.15) is 0 Å². The van der Waals surface area contributed by atoms with Crippen molar-refractivity contribution in [3.63, 3.8) is 0 Å². The van der Waals surface area contributed by atoms with E-state index in [1.807, 2.05) is 42.3 Å². The van der Waals surface area contributed by atoms with Crippen molar-refractivity contribution in [2.24, 2.45) is 10.9 Å². The average Bonchev–Trinajstić information content (AvgIpc) is 2.47. The molecule has 0 unspecified atom stereocenters. The Balaban J connectivity index is 2.33. The lowest BCUT2D eigenvalue weighted by Crippen LogP contribution is -2.22. The molecular formula is C14H15BrN4O. The Kier molecular flexibility index (Phi) is 4.57. The van der Waals surface area contributed by atoms with Crippen LogP contribution < -0.4 is 10.6 Å². The van der Waals surface area contributed by atoms with Crippen LogP contribution in [0.1, 0.15) is 11.1 Å². The van der Waals surface area contributed by atoms with Gasteiger partial charge in [0.25, 0.3) is 0 Å². The molecule has 6 heteroatoms. The molecule has 0 fully saturated rings. The molecule has 0 saturated carbocycles. The van der Waals surface area contributed by atoms with Gasteiger partial charge in [-0.25, -0.2) is 0 Å². The summed E-state index contributed by atoms with van der Waals surface area (Å²) in [5, 5.41) is 12.0. The van der Waals surface area contributed by atoms with Crippen molar-refractivity contribution in [3.05, 3.63) is 58.3 Å². The maximum absolute atomic E-state index is 8.88. The van der Waals surface area contributed by atoms with Crippen molar-refractivity contribution < 1.29 is 5.21 Å². The molecule has 0 saturated heterocycles. The van der Waals surface area contributed by atoms with Gasteiger partial charge in [-0.1, -0.05) is 21.1 Å². The first-order valence-electron chi connectivity index (χ1n) is 5.99. The Labute approximate surface area is 125 Å². The van der Waals surface area contributed by atoms with Gasteiger partial charge in [0.05, 0.1) is 0 Å². The zero-order valence-electron chi connectivity index (χ0n) is 11.0. The highest BCUT2D eigenvalue weighted by atomic mass is 79.9. The zero-order chi connectivity index (χ0) is 14.5. The van der Waals surface area contributed by atoms with Crippen LogP contribution in [-0.2, 0) is 6.54 Å². The SMILES string of the molecule is CN(Cc1ccncc1)c1cc(Br)ccc1/C(N)=N/O. The van der Waals surface area contributed by atoms with E-state index in [1.54, 1.807) is 12.4 Å². The first kappa shape index (κ1) is 14.3. The van der Waals surface area contributed by atoms with Crippen LogP contribution >= 0.6 is 15.9 Å². The third-order valence-corrected chi connectivity index (χ3v) is 3.42. The van der Waals surface area contributed by atoms with Crippen LogP contribution in [0.25, 0.3) is 0 Å². The zero-order valence-corrected chi connectivity index (χ0v) is 12.6. The van der Waals surface area contributed by atoms with E-state index in [0.29, 0.717) is 12.1 Å². The largest absolute Gasteiger partial charge is 0.409 e. The summed E-state index contributed by atoms with van der Waals surface area (Å²) in [7, 11) is 1.95. The van der Waals surface area contributed by atoms with Crippen molar-refractivity contribution in [3.8, 4) is 0 Å². The quantitative estimate of drug-likeness (QED) is 0.390. The van der Waals surface area contributed by atoms with Gasteiger partial charge in [-0.15, -0.1) is 0 Å². The first-order valence-corrected chi connectivity index (χ1v) is 6.78. The Morgan fingerprint density at radius 1 is 1.35 bits per heavy atom. The van der Waals surface area contributed by atoms with Crippen molar-refractivity contribution >= 4 is 27.5 Å². The molecule has 0 spiro atoms. The molecule has 1 aromatic heterocycles. The number of rotatable bonds is 4. The van der Waals surface area contributed by atoms with E-state index < -0.39 is 0 Å². The van der Waals surface area contributed by atoms with E-state index in [-0.39, 0.29) is 5.84 Å². The van der Waals surface area contributed by atoms with E-state index in [1.165, 1.54) is 0 Å². The van der Waals surface area contributed by atoms with Crippen LogP contribution in [0, 0.1) is 0 Å². The second kappa shape index (κ2) is 6.38. The minimum atomic E-state index is 0.0917. The van der Waals surface area contributed by atoms with Crippen LogP contribution in [0.5, 0.6) is 0 Å². The number of pyridine rings is 1. The molecule has 0 radical (unpaired) electrons. The van der Waals surface area contributed by atoms with Gasteiger partial charge in [-0.3, -0.25) is 4.98 Å². The van der Waals surface area contributed by atoms with E-state index in [0.717, 1.165) is 15.7 Å². The average molecular weight is 335 g/mol. The number of oxime groups is 1. The van der Waals surface area contributed by atoms with E-state index in [2.05, 4.69) is 26.1 Å². The predicted molar refractivity (Wildman–Crippen MR) is 83.0 cm³/mol. The summed E-state index contributed by atoms with van der Waals surface area (Å²) in [4.78, 5) is 6.04. The summed E-state index contributed by atoms with van der Waals surface area (Å²) < 4.78 is 0.934. The fourth-order valence-electron chi connectivity index (χ4n) is 1.94. The van der Waals surface area contributed by atoms with Crippen LogP contribution in [0.15, 0.2) is 52.4 Å². The molecule has 1 aromatic carbocycles. The lowest BCUT2D eigenvalue weighted by Gasteiger charge is -2.22. The van der Waals surface area contributed by atoms with Crippen molar-refractivity contribution in [1.29, 1.82) is 0 Å². The summed E-state index contributed by atoms with van der Waals surface area (Å²) in [5.41, 5.74) is 8.42. The summed E-state index contributed by atoms with van der Waals surface area (Å²) in [6.07, 6.45) is 3.52. The molecule has 5 nitrogen and oxygen atoms in total. The van der Waals surface area contributed by atoms with Crippen molar-refractivity contribution in [2.75, 3.05) is 11.9 Å². The monoisotopic (exact) mass is 334 g/mol. The number of nitrogens with two attached hydrogens (primary N) is 1. The number of hydrogen-bond donors (Lipinski definition) is 2. The third kappa shape index (κ3) is 3.27. The molecule has 20 heavy (non-hydrogen) atoms. The Morgan fingerprint density at radius 3 is 2.70 bits per heavy atom. The molecule has 104 valence electrons. The molecule has 1 heterocycles. The molecule has 3 N–H and O–H groups in total. The van der Waals surface area contributed by atoms with E-state index >= 15 is 0 Å². The minimum Gasteiger partial charge on any atom is -0.409 e. The number of nitrogens with zero attached hydrogens (tertiary/aromatic N) is 3. The highest BCUT2D eigenvalue weighted by Crippen LogP contribution is 2.25. The van der Waals surface area contributed by atoms with Crippen LogP contribution in [0.2, 0.25) is 0 Å². The summed E-state index contributed by atoms with van der Waals surface area (Å²) in [5.74, 6) is 0.0917. The second-order valence-electron chi connectivity index (χ2n) is 4.36. The van der Waals surface area contributed by atoms with Crippen LogP contribution in [-0.4, -0.2) is 23.1 Å². The summed E-state index contributed by atoms with van der Waals surface area (Å²) >= 11 is 3.44. The van der Waals surface area contributed by atoms with Crippen LogP contribution in [0.4, 0.5) is 5.69 Å². The fraction of sp³-hybridized carbons (Fsp3) is 0.143. The van der Waals surface area contributed by atoms with Crippen molar-refractivity contribution in [2.45, 2.75) is 6.54 Å². The van der Waals surface area contributed by atoms with Gasteiger partial charge in [-0.05, 0) is 35.9 Å². The molecule has 2 rings (SSSR count). The topological polar surface area (TPSA) is 74.7 Å². The molecule has 0 bridgehead atoms. The Morgan fingerprint density at radius 2 is 2.05 bits per heavy atom. The number of halogens is 1. The molecule has 0 atom stereocenters. The van der Waals surface area contributed by atoms with Gasteiger partial charge < -0.3 is 15.8 Å². The maximum Gasteiger partial charge on any atom is 0.172 e. The molecule has 0 aliphatic rings. The second-order valence-corrected chi connectivity index (χ2v) is 5.27. The lowest BCUT2D eigenvalue weighted by molar-refractivity contribution is 0.318. The van der Waals surface area contributed by atoms with Crippen molar-refractivity contribution in [1.82, 2.24) is 4.98 Å². The molecule has 0 aliphatic carbocycles. The fourth-order valence-corrected chi connectivity index (χ4v) is 2.29. The Hall–Kier alpha value is -2.08. The highest BCUT2D eigenvalue weighted by molar-refractivity contribution is 9.10. The molecular weight excluding hydrogens is 320 g/mol. The van der Waals surface area contributed by atoms with Gasteiger partial charge in [0, 0.05) is 41.7 Å². The number of amidine groups is 1. The predicted octanol–water partition coefficient (Wildman–Crippen LogP) is 2.58. The number of hydrogen-bond acceptors (Lipinski definition) is 4. The van der Waals surface area contributed by atoms with Crippen LogP contribution in [0.3, 0.4) is 0 Å². The molecule has 2 aromatic rings. The van der Waals surface area contributed by atoms with Gasteiger partial charge in [0.2, 0.25) is 0 Å². The minimum absolute atomic E-state index is 0.0917. The summed E-state index contributed by atoms with van der Waals surface area (Å²) in [6.45, 7) is 0.699. The number of benzene rings is 1. The molecule has 0 amide bonds. The third-order valence-electron chi connectivity index (χ3n) is 2.92. The van der Waals surface area contributed by atoms with Gasteiger partial charge >= 0.3 is 0 Å². The van der Waals surface area contributed by atoms with Gasteiger partial charge in [0.1, 0.15) is 0 Å². The van der Waals surface area contributed by atoms with Gasteiger partial charge in [0.15, 0.2) is 5.84 Å². The highest BCUT2D eigenvalue weighted by Gasteiger charge is 2.12. The number of aromatic nitrogens is 1. The maximum atomic E-state index is 8.88. The lowest BCUT2D eigenvalue weighted by atomic mass is 10.1. The normalized spacial score (nSPS) is 11.4. The smallest absolute Gasteiger partial charge is 0.172 e. The van der Waals surface area contributed by atoms with E-state index in [9.17, 15) is 0 Å². The number of anilines is 1. The first-order chi connectivity index (χ1) is 9.61. The standard InChI is InChI=1S/C14H15BrN4O/c1-19(9-10-4-6-17-7-5-10)13-8-11(15)2-3-12(13)14(16)18-20/h2-8,20H,9H2,1H3,(H2,16,18). The Bertz CT molecular complexity index is 616. The van der Waals surface area contributed by atoms with E-state index in [4.69, 9.17) is 10.9 Å². The molecule has 0 aliphatic heterocycles.